The van der Waals surface area contributed by atoms with E-state index in [2.05, 4.69) is 0 Å². The van der Waals surface area contributed by atoms with Crippen molar-refractivity contribution in [2.24, 2.45) is 11.3 Å². The molecule has 2 N–H and O–H groups in total. The Hall–Kier alpha value is -2.74. The molecular weight excluding hydrogens is 460 g/mol. The van der Waals surface area contributed by atoms with Crippen molar-refractivity contribution in [3.05, 3.63) is 71.8 Å². The smallest absolute Gasteiger partial charge is 0.338 e. The van der Waals surface area contributed by atoms with Gasteiger partial charge in [-0.25, -0.2) is 9.59 Å². The third-order valence-corrected chi connectivity index (χ3v) is 8.93. The number of fused-ring (bicyclic) bond motifs is 1. The molecule has 2 saturated carbocycles. The van der Waals surface area contributed by atoms with E-state index >= 15 is 0 Å². The average Bonchev–Trinajstić information content (AvgIpc) is 3.01. The first kappa shape index (κ1) is 24.9. The van der Waals surface area contributed by atoms with Crippen LogP contribution in [0.5, 0.6) is 0 Å². The van der Waals surface area contributed by atoms with Crippen molar-refractivity contribution in [1.29, 1.82) is 0 Å². The number of rotatable bonds is 4. The Labute approximate surface area is 211 Å². The highest BCUT2D eigenvalue weighted by atomic mass is 16.6. The molecule has 2 aromatic carbocycles. The topological polar surface area (TPSA) is 102 Å². The van der Waals surface area contributed by atoms with Crippen LogP contribution in [-0.2, 0) is 14.2 Å². The molecule has 5 rings (SSSR count). The maximum Gasteiger partial charge on any atom is 0.338 e. The molecule has 3 aliphatic rings. The summed E-state index contributed by atoms with van der Waals surface area (Å²) in [5.41, 5.74) is -4.22. The van der Waals surface area contributed by atoms with E-state index < -0.39 is 58.4 Å². The Bertz CT molecular complexity index is 1140. The number of hydrogen-bond acceptors (Lipinski definition) is 7. The second-order valence-electron chi connectivity index (χ2n) is 11.3. The maximum atomic E-state index is 13.2. The maximum absolute atomic E-state index is 13.2. The van der Waals surface area contributed by atoms with E-state index in [-0.39, 0.29) is 6.42 Å². The summed E-state index contributed by atoms with van der Waals surface area (Å²) in [6.07, 6.45) is -1.72. The lowest BCUT2D eigenvalue weighted by atomic mass is 9.47. The standard InChI is InChI=1S/C29H34O7/c1-26(2)20-17-22(35-25(32)19-13-9-6-10-14-19)28(4)21(34-24(31)18-11-7-5-8-12-18)15-16-27(3,33)29(28,36-26)23(20)30/h5-14,20-23,30,33H,15-17H2,1-4H3/t20-,21+,22+,23-,27+,28+,29+/m1/s1. The first-order valence-electron chi connectivity index (χ1n) is 12.6. The number of hydrogen-bond donors (Lipinski definition) is 2. The fourth-order valence-electron chi connectivity index (χ4n) is 7.02. The van der Waals surface area contributed by atoms with Gasteiger partial charge in [-0.3, -0.25) is 0 Å². The highest BCUT2D eigenvalue weighted by molar-refractivity contribution is 5.90. The number of ether oxygens (including phenoxy) is 3. The van der Waals surface area contributed by atoms with Gasteiger partial charge in [0.25, 0.3) is 0 Å². The number of carbonyl (C=O) groups excluding carboxylic acids is 2. The zero-order valence-electron chi connectivity index (χ0n) is 21.1. The minimum atomic E-state index is -1.52. The molecule has 2 aliphatic carbocycles. The van der Waals surface area contributed by atoms with Crippen LogP contribution in [0.15, 0.2) is 60.7 Å². The van der Waals surface area contributed by atoms with E-state index in [0.29, 0.717) is 24.0 Å². The first-order chi connectivity index (χ1) is 16.9. The van der Waals surface area contributed by atoms with Crippen molar-refractivity contribution in [3.63, 3.8) is 0 Å². The second kappa shape index (κ2) is 8.40. The fourth-order valence-corrected chi connectivity index (χ4v) is 7.02. The van der Waals surface area contributed by atoms with Crippen LogP contribution >= 0.6 is 0 Å². The number of benzene rings is 2. The van der Waals surface area contributed by atoms with Crippen molar-refractivity contribution in [2.75, 3.05) is 0 Å². The Morgan fingerprint density at radius 2 is 1.36 bits per heavy atom. The van der Waals surface area contributed by atoms with E-state index in [1.807, 2.05) is 32.9 Å². The predicted octanol–water partition coefficient (Wildman–Crippen LogP) is 3.92. The molecular formula is C29H34O7. The quantitative estimate of drug-likeness (QED) is 0.621. The van der Waals surface area contributed by atoms with Crippen LogP contribution in [-0.4, -0.2) is 57.3 Å². The van der Waals surface area contributed by atoms with E-state index in [1.165, 1.54) is 0 Å². The van der Waals surface area contributed by atoms with Crippen LogP contribution in [0, 0.1) is 11.3 Å². The molecule has 192 valence electrons. The Morgan fingerprint density at radius 1 is 0.861 bits per heavy atom. The summed E-state index contributed by atoms with van der Waals surface area (Å²) in [6.45, 7) is 7.23. The summed E-state index contributed by atoms with van der Waals surface area (Å²) >= 11 is 0. The number of esters is 2. The highest BCUT2D eigenvalue weighted by Gasteiger charge is 2.81. The van der Waals surface area contributed by atoms with Crippen molar-refractivity contribution in [2.45, 2.75) is 82.1 Å². The van der Waals surface area contributed by atoms with Gasteiger partial charge < -0.3 is 24.4 Å². The van der Waals surface area contributed by atoms with Gasteiger partial charge in [0.1, 0.15) is 17.8 Å². The molecule has 2 bridgehead atoms. The lowest BCUT2D eigenvalue weighted by molar-refractivity contribution is -0.325. The zero-order valence-corrected chi connectivity index (χ0v) is 21.1. The van der Waals surface area contributed by atoms with Gasteiger partial charge >= 0.3 is 11.9 Å². The molecule has 3 fully saturated rings. The summed E-state index contributed by atoms with van der Waals surface area (Å²) in [5.74, 6) is -1.42. The second-order valence-corrected chi connectivity index (χ2v) is 11.3. The fraction of sp³-hybridized carbons (Fsp3) is 0.517. The number of aliphatic hydroxyl groups excluding tert-OH is 1. The molecule has 1 heterocycles. The molecule has 0 radical (unpaired) electrons. The summed E-state index contributed by atoms with van der Waals surface area (Å²) in [4.78, 5) is 26.4. The van der Waals surface area contributed by atoms with Gasteiger partial charge in [0.05, 0.1) is 33.8 Å². The zero-order chi connectivity index (χ0) is 25.9. The third-order valence-electron chi connectivity index (χ3n) is 8.93. The summed E-state index contributed by atoms with van der Waals surface area (Å²) in [7, 11) is 0. The summed E-state index contributed by atoms with van der Waals surface area (Å²) in [6, 6.07) is 17.4. The van der Waals surface area contributed by atoms with E-state index in [1.54, 1.807) is 55.5 Å². The largest absolute Gasteiger partial charge is 0.458 e. The van der Waals surface area contributed by atoms with Crippen molar-refractivity contribution < 1.29 is 34.0 Å². The lowest BCUT2D eigenvalue weighted by Crippen LogP contribution is -2.78. The normalized spacial score (nSPS) is 38.6. The SMILES string of the molecule is CC1(C)O[C@]23[C@H](O)[C@H]1C[C@H](OC(=O)c1ccccc1)[C@]2(C)[C@@H](OC(=O)c1ccccc1)CC[C@]3(C)O. The van der Waals surface area contributed by atoms with Gasteiger partial charge in [-0.05, 0) is 71.2 Å². The third kappa shape index (κ3) is 3.44. The van der Waals surface area contributed by atoms with Crippen molar-refractivity contribution in [1.82, 2.24) is 0 Å². The van der Waals surface area contributed by atoms with Gasteiger partial charge in [-0.1, -0.05) is 36.4 Å². The molecule has 0 amide bonds. The summed E-state index contributed by atoms with van der Waals surface area (Å²) < 4.78 is 18.9. The minimum absolute atomic E-state index is 0.245. The van der Waals surface area contributed by atoms with Gasteiger partial charge in [0.15, 0.2) is 0 Å². The molecule has 7 heteroatoms. The van der Waals surface area contributed by atoms with E-state index in [4.69, 9.17) is 14.2 Å². The Balaban J connectivity index is 1.59. The lowest BCUT2D eigenvalue weighted by Gasteiger charge is -2.63. The molecule has 36 heavy (non-hydrogen) atoms. The number of carbonyl (C=O) groups is 2. The molecule has 1 saturated heterocycles. The van der Waals surface area contributed by atoms with Crippen LogP contribution in [0.3, 0.4) is 0 Å². The average molecular weight is 495 g/mol. The molecule has 1 spiro atoms. The van der Waals surface area contributed by atoms with Crippen LogP contribution in [0.4, 0.5) is 0 Å². The van der Waals surface area contributed by atoms with Crippen LogP contribution in [0.1, 0.15) is 67.7 Å². The molecule has 2 aromatic rings. The Kier molecular flexibility index (Phi) is 5.82. The van der Waals surface area contributed by atoms with E-state index in [9.17, 15) is 19.8 Å². The number of aliphatic hydroxyl groups is 2. The first-order valence-corrected chi connectivity index (χ1v) is 12.6. The molecule has 7 nitrogen and oxygen atoms in total. The monoisotopic (exact) mass is 494 g/mol. The van der Waals surface area contributed by atoms with Gasteiger partial charge in [0, 0.05) is 5.92 Å². The summed E-state index contributed by atoms with van der Waals surface area (Å²) in [5, 5.41) is 23.5. The van der Waals surface area contributed by atoms with Crippen LogP contribution < -0.4 is 0 Å². The Morgan fingerprint density at radius 3 is 1.89 bits per heavy atom. The van der Waals surface area contributed by atoms with Crippen LogP contribution in [0.25, 0.3) is 0 Å². The molecule has 1 aliphatic heterocycles. The van der Waals surface area contributed by atoms with Gasteiger partial charge in [-0.15, -0.1) is 0 Å². The van der Waals surface area contributed by atoms with Gasteiger partial charge in [0.2, 0.25) is 0 Å². The van der Waals surface area contributed by atoms with Crippen LogP contribution in [0.2, 0.25) is 0 Å². The minimum Gasteiger partial charge on any atom is -0.458 e. The van der Waals surface area contributed by atoms with E-state index in [0.717, 1.165) is 0 Å². The molecule has 7 atom stereocenters. The van der Waals surface area contributed by atoms with Crippen molar-refractivity contribution in [3.8, 4) is 0 Å². The van der Waals surface area contributed by atoms with Gasteiger partial charge in [-0.2, -0.15) is 0 Å². The predicted molar refractivity (Wildman–Crippen MR) is 131 cm³/mol. The highest BCUT2D eigenvalue weighted by Crippen LogP contribution is 2.67. The molecule has 0 aromatic heterocycles. The molecule has 0 unspecified atom stereocenters. The van der Waals surface area contributed by atoms with Crippen molar-refractivity contribution >= 4 is 11.9 Å².